The van der Waals surface area contributed by atoms with Crippen molar-refractivity contribution in [2.24, 2.45) is 5.73 Å². The standard InChI is InChI=1S/C10H13N7O/c11-8(18)10-14-9(15-16-10)6-2-4-17-7(12-5-6)1-3-13-17/h2,4-5,7,12-13H,1,3H2,(H2,11,18)(H,14,15,16). The second-order valence-electron chi connectivity index (χ2n) is 4.07. The molecule has 2 aliphatic rings. The fourth-order valence-corrected chi connectivity index (χ4v) is 1.93. The minimum absolute atomic E-state index is 0.0576. The summed E-state index contributed by atoms with van der Waals surface area (Å²) < 4.78 is 0. The number of nitrogens with two attached hydrogens (primary N) is 1. The Labute approximate surface area is 103 Å². The fraction of sp³-hybridized carbons (Fsp3) is 0.300. The number of hydrogen-bond acceptors (Lipinski definition) is 6. The van der Waals surface area contributed by atoms with Crippen LogP contribution >= 0.6 is 0 Å². The molecule has 0 saturated carbocycles. The molecular formula is C10H13N7O. The summed E-state index contributed by atoms with van der Waals surface area (Å²) >= 11 is 0. The molecule has 1 fully saturated rings. The van der Waals surface area contributed by atoms with Gasteiger partial charge in [0.15, 0.2) is 5.82 Å². The van der Waals surface area contributed by atoms with Crippen molar-refractivity contribution in [3.8, 4) is 0 Å². The molecule has 0 radical (unpaired) electrons. The first-order chi connectivity index (χ1) is 8.74. The van der Waals surface area contributed by atoms with Crippen molar-refractivity contribution >= 4 is 11.5 Å². The number of hydrogen-bond donors (Lipinski definition) is 4. The van der Waals surface area contributed by atoms with E-state index in [0.717, 1.165) is 18.5 Å². The molecule has 0 aliphatic carbocycles. The predicted molar refractivity (Wildman–Crippen MR) is 63.4 cm³/mol. The zero-order valence-corrected chi connectivity index (χ0v) is 9.55. The first-order valence-electron chi connectivity index (χ1n) is 5.63. The summed E-state index contributed by atoms with van der Waals surface area (Å²) in [5.74, 6) is -0.127. The van der Waals surface area contributed by atoms with Crippen molar-refractivity contribution in [3.05, 3.63) is 30.1 Å². The number of aromatic amines is 1. The molecule has 8 nitrogen and oxygen atoms in total. The summed E-state index contributed by atoms with van der Waals surface area (Å²) in [4.78, 5) is 15.0. The van der Waals surface area contributed by atoms with Gasteiger partial charge in [-0.15, -0.1) is 0 Å². The molecule has 1 amide bonds. The summed E-state index contributed by atoms with van der Waals surface area (Å²) in [5, 5.41) is 11.7. The van der Waals surface area contributed by atoms with Crippen molar-refractivity contribution in [1.29, 1.82) is 0 Å². The van der Waals surface area contributed by atoms with E-state index in [-0.39, 0.29) is 12.0 Å². The van der Waals surface area contributed by atoms with Crippen LogP contribution in [0.3, 0.4) is 0 Å². The molecule has 2 aliphatic heterocycles. The molecule has 0 spiro atoms. The van der Waals surface area contributed by atoms with Crippen LogP contribution in [0.5, 0.6) is 0 Å². The predicted octanol–water partition coefficient (Wildman–Crippen LogP) is -1.10. The highest BCUT2D eigenvalue weighted by Crippen LogP contribution is 2.16. The van der Waals surface area contributed by atoms with Gasteiger partial charge in [-0.1, -0.05) is 0 Å². The number of nitrogens with one attached hydrogen (secondary N) is 3. The van der Waals surface area contributed by atoms with Gasteiger partial charge in [0.2, 0.25) is 5.82 Å². The third-order valence-electron chi connectivity index (χ3n) is 2.87. The minimum Gasteiger partial charge on any atom is -0.369 e. The molecule has 1 saturated heterocycles. The highest BCUT2D eigenvalue weighted by molar-refractivity contribution is 5.89. The number of carbonyl (C=O) groups is 1. The summed E-state index contributed by atoms with van der Waals surface area (Å²) in [5.41, 5.74) is 9.13. The molecule has 18 heavy (non-hydrogen) atoms. The second kappa shape index (κ2) is 4.15. The molecule has 0 aromatic carbocycles. The molecule has 8 heteroatoms. The minimum atomic E-state index is -0.623. The number of nitrogens with zero attached hydrogens (tertiary/aromatic N) is 3. The van der Waals surface area contributed by atoms with E-state index < -0.39 is 5.91 Å². The van der Waals surface area contributed by atoms with Gasteiger partial charge in [-0.05, 0) is 6.08 Å². The maximum Gasteiger partial charge on any atom is 0.286 e. The number of carbonyl (C=O) groups excluding carboxylic acids is 1. The van der Waals surface area contributed by atoms with Crippen LogP contribution < -0.4 is 16.5 Å². The number of primary amides is 1. The van der Waals surface area contributed by atoms with Gasteiger partial charge in [-0.25, -0.2) is 10.4 Å². The lowest BCUT2D eigenvalue weighted by atomic mass is 10.2. The number of amides is 1. The molecule has 1 aromatic heterocycles. The van der Waals surface area contributed by atoms with Gasteiger partial charge in [0.05, 0.1) is 0 Å². The lowest BCUT2D eigenvalue weighted by Crippen LogP contribution is -2.38. The quantitative estimate of drug-likeness (QED) is 0.527. The SMILES string of the molecule is NC(=O)c1nc(C2=CNC3CCNN3C=C2)n[nH]1. The van der Waals surface area contributed by atoms with Crippen molar-refractivity contribution in [2.45, 2.75) is 12.6 Å². The highest BCUT2D eigenvalue weighted by Gasteiger charge is 2.22. The molecular weight excluding hydrogens is 234 g/mol. The van der Waals surface area contributed by atoms with E-state index in [1.54, 1.807) is 0 Å². The van der Waals surface area contributed by atoms with Gasteiger partial charge in [-0.3, -0.25) is 14.9 Å². The third kappa shape index (κ3) is 1.82. The van der Waals surface area contributed by atoms with Gasteiger partial charge in [-0.2, -0.15) is 5.10 Å². The van der Waals surface area contributed by atoms with Crippen LogP contribution in [0, 0.1) is 0 Å². The number of allylic oxidation sites excluding steroid dienone is 2. The third-order valence-corrected chi connectivity index (χ3v) is 2.87. The number of hydrazine groups is 1. The van der Waals surface area contributed by atoms with Crippen LogP contribution in [0.15, 0.2) is 18.5 Å². The summed E-state index contributed by atoms with van der Waals surface area (Å²) in [6.45, 7) is 0.942. The number of H-pyrrole nitrogens is 1. The maximum absolute atomic E-state index is 10.9. The lowest BCUT2D eigenvalue weighted by molar-refractivity contribution is 0.0991. The van der Waals surface area contributed by atoms with Crippen LogP contribution in [0.4, 0.5) is 0 Å². The van der Waals surface area contributed by atoms with Gasteiger partial charge in [0, 0.05) is 30.9 Å². The maximum atomic E-state index is 10.9. The number of aromatic nitrogens is 3. The largest absolute Gasteiger partial charge is 0.369 e. The molecule has 1 aromatic rings. The Morgan fingerprint density at radius 2 is 2.44 bits per heavy atom. The second-order valence-corrected chi connectivity index (χ2v) is 4.07. The average Bonchev–Trinajstić information content (AvgIpc) is 2.96. The first kappa shape index (κ1) is 10.8. The van der Waals surface area contributed by atoms with E-state index in [1.807, 2.05) is 23.5 Å². The Morgan fingerprint density at radius 3 is 3.22 bits per heavy atom. The molecule has 3 heterocycles. The van der Waals surface area contributed by atoms with Gasteiger partial charge in [0.25, 0.3) is 5.91 Å². The zero-order chi connectivity index (χ0) is 12.5. The van der Waals surface area contributed by atoms with Gasteiger partial charge < -0.3 is 11.1 Å². The molecule has 1 unspecified atom stereocenters. The number of fused-ring (bicyclic) bond motifs is 1. The van der Waals surface area contributed by atoms with Crippen molar-refractivity contribution in [1.82, 2.24) is 30.9 Å². The summed E-state index contributed by atoms with van der Waals surface area (Å²) in [7, 11) is 0. The van der Waals surface area contributed by atoms with Crippen molar-refractivity contribution in [3.63, 3.8) is 0 Å². The summed E-state index contributed by atoms with van der Waals surface area (Å²) in [6, 6.07) is 0. The Morgan fingerprint density at radius 1 is 1.56 bits per heavy atom. The van der Waals surface area contributed by atoms with Crippen LogP contribution in [-0.4, -0.2) is 38.8 Å². The lowest BCUT2D eigenvalue weighted by Gasteiger charge is -2.20. The molecule has 5 N–H and O–H groups in total. The zero-order valence-electron chi connectivity index (χ0n) is 9.55. The van der Waals surface area contributed by atoms with Crippen LogP contribution in [0.25, 0.3) is 5.57 Å². The average molecular weight is 247 g/mol. The van der Waals surface area contributed by atoms with Crippen molar-refractivity contribution in [2.75, 3.05) is 6.54 Å². The van der Waals surface area contributed by atoms with E-state index in [9.17, 15) is 4.79 Å². The van der Waals surface area contributed by atoms with E-state index in [0.29, 0.717) is 5.82 Å². The van der Waals surface area contributed by atoms with Gasteiger partial charge >= 0.3 is 0 Å². The first-order valence-corrected chi connectivity index (χ1v) is 5.63. The number of rotatable bonds is 2. The molecule has 0 bridgehead atoms. The van der Waals surface area contributed by atoms with Gasteiger partial charge in [0.1, 0.15) is 6.17 Å². The van der Waals surface area contributed by atoms with Crippen molar-refractivity contribution < 1.29 is 4.79 Å². The monoisotopic (exact) mass is 247 g/mol. The smallest absolute Gasteiger partial charge is 0.286 e. The Bertz CT molecular complexity index is 532. The van der Waals surface area contributed by atoms with E-state index in [4.69, 9.17) is 5.73 Å². The molecule has 1 atom stereocenters. The van der Waals surface area contributed by atoms with Crippen LogP contribution in [-0.2, 0) is 0 Å². The van der Waals surface area contributed by atoms with Crippen LogP contribution in [0.1, 0.15) is 22.9 Å². The van der Waals surface area contributed by atoms with E-state index in [1.165, 1.54) is 0 Å². The normalized spacial score (nSPS) is 22.1. The topological polar surface area (TPSA) is 112 Å². The fourth-order valence-electron chi connectivity index (χ4n) is 1.93. The van der Waals surface area contributed by atoms with E-state index in [2.05, 4.69) is 25.9 Å². The Balaban J connectivity index is 1.85. The highest BCUT2D eigenvalue weighted by atomic mass is 16.1. The Kier molecular flexibility index (Phi) is 2.49. The summed E-state index contributed by atoms with van der Waals surface area (Å²) in [6.07, 6.45) is 6.87. The molecule has 3 rings (SSSR count). The van der Waals surface area contributed by atoms with Crippen LogP contribution in [0.2, 0.25) is 0 Å². The van der Waals surface area contributed by atoms with E-state index >= 15 is 0 Å². The Hall–Kier alpha value is -2.35. The molecule has 94 valence electrons.